The molecule has 0 spiro atoms. The van der Waals surface area contributed by atoms with Gasteiger partial charge in [0.25, 0.3) is 0 Å². The fourth-order valence-corrected chi connectivity index (χ4v) is 3.77. The van der Waals surface area contributed by atoms with Crippen molar-refractivity contribution in [2.75, 3.05) is 46.1 Å². The topological polar surface area (TPSA) is 54.4 Å². The van der Waals surface area contributed by atoms with Gasteiger partial charge in [0.2, 0.25) is 6.79 Å². The maximum absolute atomic E-state index is 10.3. The second kappa shape index (κ2) is 12.0. The summed E-state index contributed by atoms with van der Waals surface area (Å²) >= 11 is 3.40. The summed E-state index contributed by atoms with van der Waals surface area (Å²) in [5, 5.41) is 10.3. The molecule has 2 aromatic carbocycles. The quantitative estimate of drug-likeness (QED) is 0.601. The van der Waals surface area contributed by atoms with Crippen molar-refractivity contribution in [2.45, 2.75) is 12.6 Å². The number of benzene rings is 2. The summed E-state index contributed by atoms with van der Waals surface area (Å²) in [5.41, 5.74) is 1.24. The van der Waals surface area contributed by atoms with Gasteiger partial charge < -0.3 is 19.3 Å². The summed E-state index contributed by atoms with van der Waals surface area (Å²) in [4.78, 5) is 4.73. The first-order chi connectivity index (χ1) is 13.7. The van der Waals surface area contributed by atoms with Crippen LogP contribution in [0, 0.1) is 0 Å². The Bertz CT molecular complexity index is 789. The van der Waals surface area contributed by atoms with Gasteiger partial charge in [-0.05, 0) is 42.0 Å². The average molecular weight is 522 g/mol. The van der Waals surface area contributed by atoms with E-state index in [1.54, 1.807) is 0 Å². The van der Waals surface area contributed by atoms with Gasteiger partial charge in [-0.2, -0.15) is 0 Å². The first-order valence-electron chi connectivity index (χ1n) is 9.55. The van der Waals surface area contributed by atoms with Crippen LogP contribution in [0.25, 0.3) is 0 Å². The highest BCUT2D eigenvalue weighted by Gasteiger charge is 2.20. The van der Waals surface area contributed by atoms with E-state index < -0.39 is 6.10 Å². The molecule has 166 valence electrons. The van der Waals surface area contributed by atoms with E-state index in [1.165, 1.54) is 5.56 Å². The van der Waals surface area contributed by atoms with Crippen molar-refractivity contribution in [3.05, 3.63) is 52.5 Å². The summed E-state index contributed by atoms with van der Waals surface area (Å²) in [6.45, 7) is 6.00. The van der Waals surface area contributed by atoms with Crippen molar-refractivity contribution in [2.24, 2.45) is 0 Å². The van der Waals surface area contributed by atoms with Gasteiger partial charge in [0.05, 0.1) is 0 Å². The molecule has 30 heavy (non-hydrogen) atoms. The lowest BCUT2D eigenvalue weighted by Gasteiger charge is -2.35. The number of nitrogens with zero attached hydrogens (tertiary/aromatic N) is 2. The highest BCUT2D eigenvalue weighted by molar-refractivity contribution is 9.10. The molecule has 2 aliphatic heterocycles. The lowest BCUT2D eigenvalue weighted by Crippen LogP contribution is -2.48. The standard InChI is InChI=1S/C21H25BrN2O4.2ClH/c22-17-2-4-19(5-3-17)26-14-18(25)13-24-9-7-23(8-10-24)12-16-1-6-20-21(11-16)28-15-27-20;;/h1-6,11,18,25H,7-10,12-15H2;2*1H. The van der Waals surface area contributed by atoms with Crippen LogP contribution in [0.2, 0.25) is 0 Å². The van der Waals surface area contributed by atoms with Gasteiger partial charge in [0.15, 0.2) is 11.5 Å². The number of hydrogen-bond acceptors (Lipinski definition) is 6. The molecule has 2 aliphatic rings. The minimum atomic E-state index is -0.496. The summed E-state index contributed by atoms with van der Waals surface area (Å²) < 4.78 is 17.5. The van der Waals surface area contributed by atoms with Gasteiger partial charge in [-0.3, -0.25) is 9.80 Å². The largest absolute Gasteiger partial charge is 0.491 e. The second-order valence-electron chi connectivity index (χ2n) is 7.18. The zero-order chi connectivity index (χ0) is 19.3. The molecule has 0 radical (unpaired) electrons. The van der Waals surface area contributed by atoms with Crippen LogP contribution in [0.3, 0.4) is 0 Å². The van der Waals surface area contributed by atoms with Crippen LogP contribution in [0.1, 0.15) is 5.56 Å². The molecule has 6 nitrogen and oxygen atoms in total. The summed E-state index contributed by atoms with van der Waals surface area (Å²) in [7, 11) is 0. The molecule has 1 N–H and O–H groups in total. The smallest absolute Gasteiger partial charge is 0.231 e. The number of fused-ring (bicyclic) bond motifs is 1. The molecule has 2 aromatic rings. The molecule has 1 atom stereocenters. The Hall–Kier alpha value is -1.22. The van der Waals surface area contributed by atoms with Crippen molar-refractivity contribution in [1.29, 1.82) is 0 Å². The van der Waals surface area contributed by atoms with Crippen LogP contribution in [0.5, 0.6) is 17.2 Å². The van der Waals surface area contributed by atoms with Crippen LogP contribution in [0.15, 0.2) is 46.9 Å². The van der Waals surface area contributed by atoms with E-state index in [1.807, 2.05) is 30.3 Å². The lowest BCUT2D eigenvalue weighted by atomic mass is 10.1. The number of rotatable bonds is 7. The molecule has 1 saturated heterocycles. The Kier molecular flexibility index (Phi) is 10.0. The first-order valence-corrected chi connectivity index (χ1v) is 10.3. The number of aliphatic hydroxyl groups excluding tert-OH is 1. The van der Waals surface area contributed by atoms with Gasteiger partial charge in [0.1, 0.15) is 18.5 Å². The third kappa shape index (κ3) is 6.90. The average Bonchev–Trinajstić information content (AvgIpc) is 3.17. The van der Waals surface area contributed by atoms with E-state index in [2.05, 4.69) is 37.9 Å². The van der Waals surface area contributed by atoms with Gasteiger partial charge >= 0.3 is 0 Å². The molecule has 0 bridgehead atoms. The van der Waals surface area contributed by atoms with Crippen molar-refractivity contribution in [3.8, 4) is 17.2 Å². The normalized spacial score (nSPS) is 17.0. The monoisotopic (exact) mass is 520 g/mol. The molecule has 1 unspecified atom stereocenters. The number of β-amino-alcohol motifs (C(OH)–C–C–N with tert-alkyl or cyclic N) is 1. The highest BCUT2D eigenvalue weighted by Crippen LogP contribution is 2.32. The number of halogens is 3. The number of hydrogen-bond donors (Lipinski definition) is 1. The molecule has 0 aromatic heterocycles. The van der Waals surface area contributed by atoms with Crippen LogP contribution < -0.4 is 14.2 Å². The highest BCUT2D eigenvalue weighted by atomic mass is 79.9. The van der Waals surface area contributed by atoms with Crippen LogP contribution in [-0.4, -0.2) is 67.1 Å². The van der Waals surface area contributed by atoms with Crippen LogP contribution in [-0.2, 0) is 6.54 Å². The minimum Gasteiger partial charge on any atom is -0.491 e. The zero-order valence-corrected chi connectivity index (χ0v) is 19.8. The van der Waals surface area contributed by atoms with E-state index in [4.69, 9.17) is 14.2 Å². The van der Waals surface area contributed by atoms with E-state index in [0.29, 0.717) is 19.9 Å². The van der Waals surface area contributed by atoms with Crippen molar-refractivity contribution < 1.29 is 19.3 Å². The fraction of sp³-hybridized carbons (Fsp3) is 0.429. The Morgan fingerprint density at radius 2 is 1.60 bits per heavy atom. The van der Waals surface area contributed by atoms with E-state index in [0.717, 1.165) is 54.4 Å². The van der Waals surface area contributed by atoms with E-state index >= 15 is 0 Å². The summed E-state index contributed by atoms with van der Waals surface area (Å²) in [6.07, 6.45) is -0.496. The molecule has 9 heteroatoms. The van der Waals surface area contributed by atoms with Crippen molar-refractivity contribution in [3.63, 3.8) is 0 Å². The number of aliphatic hydroxyl groups is 1. The maximum atomic E-state index is 10.3. The third-order valence-corrected chi connectivity index (χ3v) is 5.56. The third-order valence-electron chi connectivity index (χ3n) is 5.03. The van der Waals surface area contributed by atoms with Gasteiger partial charge in [-0.15, -0.1) is 24.8 Å². The van der Waals surface area contributed by atoms with Gasteiger partial charge in [-0.25, -0.2) is 0 Å². The molecule has 0 aliphatic carbocycles. The SMILES string of the molecule is Cl.Cl.OC(COc1ccc(Br)cc1)CN1CCN(Cc2ccc3c(c2)OCO3)CC1. The Balaban J connectivity index is 0.00000160. The summed E-state index contributed by atoms with van der Waals surface area (Å²) in [6, 6.07) is 13.8. The van der Waals surface area contributed by atoms with Gasteiger partial charge in [0, 0.05) is 43.7 Å². The first kappa shape index (κ1) is 25.0. The van der Waals surface area contributed by atoms with Gasteiger partial charge in [-0.1, -0.05) is 22.0 Å². The predicted octanol–water partition coefficient (Wildman–Crippen LogP) is 3.58. The Morgan fingerprint density at radius 3 is 2.33 bits per heavy atom. The maximum Gasteiger partial charge on any atom is 0.231 e. The van der Waals surface area contributed by atoms with Crippen LogP contribution >= 0.6 is 40.7 Å². The lowest BCUT2D eigenvalue weighted by molar-refractivity contribution is 0.0446. The Morgan fingerprint density at radius 1 is 0.933 bits per heavy atom. The van der Waals surface area contributed by atoms with Crippen LogP contribution in [0.4, 0.5) is 0 Å². The van der Waals surface area contributed by atoms with E-state index in [9.17, 15) is 5.11 Å². The Labute approximate surface area is 198 Å². The molecule has 1 fully saturated rings. The molecule has 0 saturated carbocycles. The van der Waals surface area contributed by atoms with Crippen molar-refractivity contribution in [1.82, 2.24) is 9.80 Å². The second-order valence-corrected chi connectivity index (χ2v) is 8.10. The van der Waals surface area contributed by atoms with Crippen molar-refractivity contribution >= 4 is 40.7 Å². The molecular formula is C21H27BrCl2N2O4. The predicted molar refractivity (Wildman–Crippen MR) is 124 cm³/mol. The number of ether oxygens (including phenoxy) is 3. The number of piperazine rings is 1. The fourth-order valence-electron chi connectivity index (χ4n) is 3.50. The summed E-state index contributed by atoms with van der Waals surface area (Å²) in [5.74, 6) is 2.44. The van der Waals surface area contributed by atoms with E-state index in [-0.39, 0.29) is 24.8 Å². The molecule has 0 amide bonds. The zero-order valence-electron chi connectivity index (χ0n) is 16.5. The molecule has 2 heterocycles. The molecular weight excluding hydrogens is 495 g/mol. The minimum absolute atomic E-state index is 0. The molecule has 4 rings (SSSR count).